The predicted octanol–water partition coefficient (Wildman–Crippen LogP) is 3.36. The van der Waals surface area contributed by atoms with E-state index in [1.54, 1.807) is 23.7 Å². The van der Waals surface area contributed by atoms with Crippen LogP contribution >= 0.6 is 46.6 Å². The second-order valence-corrected chi connectivity index (χ2v) is 5.35. The minimum atomic E-state index is 0.792. The van der Waals surface area contributed by atoms with Gasteiger partial charge >= 0.3 is 0 Å². The van der Waals surface area contributed by atoms with Gasteiger partial charge in [-0.1, -0.05) is 23.4 Å². The molecule has 0 aromatic carbocycles. The Bertz CT molecular complexity index is 334. The van der Waals surface area contributed by atoms with Crippen molar-refractivity contribution in [2.24, 2.45) is 4.99 Å². The Balaban J connectivity index is 2.40. The summed E-state index contributed by atoms with van der Waals surface area (Å²) in [6.45, 7) is 0. The summed E-state index contributed by atoms with van der Waals surface area (Å²) in [5.41, 5.74) is 0. The lowest BCUT2D eigenvalue weighted by Gasteiger charge is -2.10. The number of hydrogen-bond acceptors (Lipinski definition) is 5. The number of nitrogens with zero attached hydrogens (tertiary/aromatic N) is 1. The average Bonchev–Trinajstić information content (AvgIpc) is 2.43. The molecule has 0 bridgehead atoms. The van der Waals surface area contributed by atoms with Gasteiger partial charge in [0.15, 0.2) is 5.17 Å². The molecule has 2 heterocycles. The predicted molar refractivity (Wildman–Crippen MR) is 58.9 cm³/mol. The first-order valence-corrected chi connectivity index (χ1v) is 6.38. The molecule has 12 heavy (non-hydrogen) atoms. The van der Waals surface area contributed by atoms with Gasteiger partial charge in [-0.15, -0.1) is 11.3 Å². The van der Waals surface area contributed by atoms with Gasteiger partial charge in [-0.2, -0.15) is 0 Å². The van der Waals surface area contributed by atoms with Crippen LogP contribution in [-0.4, -0.2) is 11.4 Å². The fourth-order valence-electron chi connectivity index (χ4n) is 0.789. The fourth-order valence-corrected chi connectivity index (χ4v) is 3.42. The number of rotatable bonds is 0. The SMILES string of the molecule is CSC1=Nc2sc(Cl)cc2SN1. The van der Waals surface area contributed by atoms with Crippen LogP contribution in [0.2, 0.25) is 4.34 Å². The molecular formula is C6H5ClN2S3. The number of amidine groups is 1. The first-order valence-electron chi connectivity index (χ1n) is 3.14. The zero-order valence-electron chi connectivity index (χ0n) is 6.13. The van der Waals surface area contributed by atoms with Gasteiger partial charge in [-0.3, -0.25) is 0 Å². The van der Waals surface area contributed by atoms with E-state index in [2.05, 4.69) is 9.71 Å². The Morgan fingerprint density at radius 2 is 2.50 bits per heavy atom. The van der Waals surface area contributed by atoms with Crippen LogP contribution in [0.5, 0.6) is 0 Å². The first kappa shape index (κ1) is 8.74. The lowest BCUT2D eigenvalue weighted by atomic mass is 10.6. The van der Waals surface area contributed by atoms with Gasteiger partial charge in [0, 0.05) is 0 Å². The van der Waals surface area contributed by atoms with Crippen LogP contribution in [0, 0.1) is 0 Å². The van der Waals surface area contributed by atoms with E-state index >= 15 is 0 Å². The van der Waals surface area contributed by atoms with Gasteiger partial charge in [0.1, 0.15) is 5.00 Å². The minimum absolute atomic E-state index is 0.792. The Labute approximate surface area is 87.9 Å². The molecule has 0 saturated carbocycles. The molecule has 1 N–H and O–H groups in total. The molecule has 0 saturated heterocycles. The van der Waals surface area contributed by atoms with Gasteiger partial charge < -0.3 is 4.72 Å². The third-order valence-corrected chi connectivity index (χ3v) is 4.12. The summed E-state index contributed by atoms with van der Waals surface area (Å²) in [6, 6.07) is 1.93. The maximum atomic E-state index is 5.84. The van der Waals surface area contributed by atoms with Crippen molar-refractivity contribution in [1.29, 1.82) is 0 Å². The molecule has 2 rings (SSSR count). The van der Waals surface area contributed by atoms with Gasteiger partial charge in [0.05, 0.1) is 9.23 Å². The van der Waals surface area contributed by atoms with Crippen molar-refractivity contribution in [2.45, 2.75) is 4.90 Å². The fraction of sp³-hybridized carbons (Fsp3) is 0.167. The largest absolute Gasteiger partial charge is 0.305 e. The van der Waals surface area contributed by atoms with Crippen molar-refractivity contribution < 1.29 is 0 Å². The van der Waals surface area contributed by atoms with Crippen LogP contribution in [0.1, 0.15) is 0 Å². The van der Waals surface area contributed by atoms with Crippen molar-refractivity contribution >= 4 is 56.8 Å². The van der Waals surface area contributed by atoms with Crippen LogP contribution in [0.15, 0.2) is 16.0 Å². The number of nitrogens with one attached hydrogen (secondary N) is 1. The molecule has 1 aliphatic heterocycles. The maximum Gasteiger partial charge on any atom is 0.172 e. The van der Waals surface area contributed by atoms with E-state index in [0.717, 1.165) is 19.4 Å². The molecule has 0 radical (unpaired) electrons. The summed E-state index contributed by atoms with van der Waals surface area (Å²) in [5, 5.41) is 1.94. The van der Waals surface area contributed by atoms with Crippen molar-refractivity contribution in [3.63, 3.8) is 0 Å². The monoisotopic (exact) mass is 236 g/mol. The number of hydrogen-bond donors (Lipinski definition) is 1. The number of aliphatic imine (C=N–C) groups is 1. The minimum Gasteiger partial charge on any atom is -0.305 e. The Morgan fingerprint density at radius 1 is 1.67 bits per heavy atom. The topological polar surface area (TPSA) is 24.4 Å². The average molecular weight is 237 g/mol. The summed E-state index contributed by atoms with van der Waals surface area (Å²) in [6.07, 6.45) is 1.99. The van der Waals surface area contributed by atoms with Crippen LogP contribution in [0.3, 0.4) is 0 Å². The molecule has 0 spiro atoms. The lowest BCUT2D eigenvalue weighted by molar-refractivity contribution is 1.38. The van der Waals surface area contributed by atoms with Gasteiger partial charge in [-0.05, 0) is 24.3 Å². The standard InChI is InChI=1S/C6H5ClN2S3/c1-10-6-8-5-3(12-9-6)2-4(7)11-5/h2H,1H3,(H,8,9). The second kappa shape index (κ2) is 3.49. The maximum absolute atomic E-state index is 5.84. The van der Waals surface area contributed by atoms with Crippen LogP contribution in [0.4, 0.5) is 5.00 Å². The van der Waals surface area contributed by atoms with Gasteiger partial charge in [-0.25, -0.2) is 4.99 Å². The highest BCUT2D eigenvalue weighted by molar-refractivity contribution is 8.15. The van der Waals surface area contributed by atoms with E-state index in [4.69, 9.17) is 11.6 Å². The summed E-state index contributed by atoms with van der Waals surface area (Å²) in [5.74, 6) is 0. The van der Waals surface area contributed by atoms with E-state index in [1.165, 1.54) is 11.3 Å². The molecule has 0 unspecified atom stereocenters. The molecule has 6 heteroatoms. The molecular weight excluding hydrogens is 232 g/mol. The molecule has 0 fully saturated rings. The van der Waals surface area contributed by atoms with E-state index in [-0.39, 0.29) is 0 Å². The molecule has 1 aromatic rings. The Morgan fingerprint density at radius 3 is 3.25 bits per heavy atom. The van der Waals surface area contributed by atoms with E-state index in [9.17, 15) is 0 Å². The Kier molecular flexibility index (Phi) is 2.55. The van der Waals surface area contributed by atoms with Crippen molar-refractivity contribution in [3.8, 4) is 0 Å². The molecule has 64 valence electrons. The molecule has 2 nitrogen and oxygen atoms in total. The second-order valence-electron chi connectivity index (χ2n) is 2.05. The number of halogens is 1. The zero-order chi connectivity index (χ0) is 8.55. The smallest absolute Gasteiger partial charge is 0.172 e. The number of thiophene rings is 1. The molecule has 0 amide bonds. The highest BCUT2D eigenvalue weighted by Gasteiger charge is 2.14. The normalized spacial score (nSPS) is 15.0. The van der Waals surface area contributed by atoms with Crippen LogP contribution in [-0.2, 0) is 0 Å². The summed E-state index contributed by atoms with van der Waals surface area (Å²) >= 11 is 10.5. The molecule has 1 aromatic heterocycles. The van der Waals surface area contributed by atoms with Crippen molar-refractivity contribution in [3.05, 3.63) is 10.4 Å². The summed E-state index contributed by atoms with van der Waals surface area (Å²) < 4.78 is 3.91. The third kappa shape index (κ3) is 1.59. The number of fused-ring (bicyclic) bond motifs is 1. The summed E-state index contributed by atoms with van der Waals surface area (Å²) in [7, 11) is 0. The van der Waals surface area contributed by atoms with E-state index in [1.807, 2.05) is 12.3 Å². The first-order chi connectivity index (χ1) is 5.79. The number of thioether (sulfide) groups is 1. The Hall–Kier alpha value is 0.160. The van der Waals surface area contributed by atoms with Crippen molar-refractivity contribution in [2.75, 3.05) is 6.26 Å². The van der Waals surface area contributed by atoms with Crippen LogP contribution in [0.25, 0.3) is 0 Å². The molecule has 1 aliphatic rings. The van der Waals surface area contributed by atoms with Gasteiger partial charge in [0.2, 0.25) is 0 Å². The van der Waals surface area contributed by atoms with E-state index in [0.29, 0.717) is 0 Å². The quantitative estimate of drug-likeness (QED) is 0.699. The molecule has 0 atom stereocenters. The van der Waals surface area contributed by atoms with Crippen molar-refractivity contribution in [1.82, 2.24) is 4.72 Å². The highest BCUT2D eigenvalue weighted by atomic mass is 35.5. The zero-order valence-corrected chi connectivity index (χ0v) is 9.33. The van der Waals surface area contributed by atoms with Gasteiger partial charge in [0.25, 0.3) is 0 Å². The van der Waals surface area contributed by atoms with Crippen LogP contribution < -0.4 is 4.72 Å². The molecule has 0 aliphatic carbocycles. The van der Waals surface area contributed by atoms with E-state index < -0.39 is 0 Å². The summed E-state index contributed by atoms with van der Waals surface area (Å²) in [4.78, 5) is 5.48. The lowest BCUT2D eigenvalue weighted by Crippen LogP contribution is -2.12. The third-order valence-electron chi connectivity index (χ3n) is 1.29. The highest BCUT2D eigenvalue weighted by Crippen LogP contribution is 2.42.